The highest BCUT2D eigenvalue weighted by Crippen LogP contribution is 2.32. The number of hydrogen-bond donors (Lipinski definition) is 1. The Morgan fingerprint density at radius 1 is 0.828 bits per heavy atom. The first-order valence-corrected chi connectivity index (χ1v) is 9.71. The highest BCUT2D eigenvalue weighted by molar-refractivity contribution is 6.42. The summed E-state index contributed by atoms with van der Waals surface area (Å²) in [6, 6.07) is 24.3. The Kier molecular flexibility index (Phi) is 5.43. The lowest BCUT2D eigenvalue weighted by Gasteiger charge is -2.13. The zero-order valence-electron chi connectivity index (χ0n) is 15.2. The second-order valence-electron chi connectivity index (χ2n) is 6.57. The Morgan fingerprint density at radius 3 is 2.34 bits per heavy atom. The van der Waals surface area contributed by atoms with Crippen molar-refractivity contribution >= 4 is 39.9 Å². The molecule has 0 saturated heterocycles. The first-order valence-electron chi connectivity index (χ1n) is 8.95. The zero-order valence-corrected chi connectivity index (χ0v) is 16.7. The van der Waals surface area contributed by atoms with Crippen molar-refractivity contribution in [3.8, 4) is 16.9 Å². The summed E-state index contributed by atoms with van der Waals surface area (Å²) in [7, 11) is 0. The lowest BCUT2D eigenvalue weighted by molar-refractivity contribution is 0.0692. The molecule has 0 spiro atoms. The minimum Gasteiger partial charge on any atom is -0.488 e. The van der Waals surface area contributed by atoms with Crippen LogP contribution in [0.15, 0.2) is 78.9 Å². The standard InChI is InChI=1S/C24H16Cl2O3/c25-21-11-9-16(12-22(21)26)17-8-10-20(24(27)28)23(13-17)29-14-18-6-3-5-15-4-1-2-7-19(15)18/h1-13H,14H2,(H,27,28). The number of aromatic carboxylic acids is 1. The van der Waals surface area contributed by atoms with Gasteiger partial charge in [0.2, 0.25) is 0 Å². The Hall–Kier alpha value is -3.01. The van der Waals surface area contributed by atoms with Crippen LogP contribution >= 0.6 is 23.2 Å². The van der Waals surface area contributed by atoms with Gasteiger partial charge in [0.25, 0.3) is 0 Å². The molecule has 4 aromatic carbocycles. The molecule has 0 aliphatic heterocycles. The van der Waals surface area contributed by atoms with Gasteiger partial charge in [0, 0.05) is 0 Å². The molecule has 0 amide bonds. The van der Waals surface area contributed by atoms with Crippen molar-refractivity contribution in [3.63, 3.8) is 0 Å². The summed E-state index contributed by atoms with van der Waals surface area (Å²) in [5.74, 6) is -0.743. The molecule has 0 fully saturated rings. The summed E-state index contributed by atoms with van der Waals surface area (Å²) >= 11 is 12.1. The number of carbonyl (C=O) groups is 1. The predicted octanol–water partition coefficient (Wildman–Crippen LogP) is 7.09. The minimum absolute atomic E-state index is 0.106. The van der Waals surface area contributed by atoms with Crippen molar-refractivity contribution in [2.24, 2.45) is 0 Å². The molecule has 4 rings (SSSR count). The maximum absolute atomic E-state index is 11.7. The summed E-state index contributed by atoms with van der Waals surface area (Å²) in [6.45, 7) is 0.256. The Bertz CT molecular complexity index is 1210. The van der Waals surface area contributed by atoms with Crippen LogP contribution in [-0.2, 0) is 6.61 Å². The molecule has 5 heteroatoms. The normalized spacial score (nSPS) is 10.8. The third-order valence-corrected chi connectivity index (χ3v) is 5.47. The van der Waals surface area contributed by atoms with Gasteiger partial charge in [0.1, 0.15) is 17.9 Å². The summed E-state index contributed by atoms with van der Waals surface area (Å²) in [4.78, 5) is 11.7. The molecule has 0 unspecified atom stereocenters. The number of rotatable bonds is 5. The maximum Gasteiger partial charge on any atom is 0.339 e. The first kappa shape index (κ1) is 19.3. The molecular weight excluding hydrogens is 407 g/mol. The van der Waals surface area contributed by atoms with E-state index in [1.54, 1.807) is 30.3 Å². The third kappa shape index (κ3) is 4.07. The van der Waals surface area contributed by atoms with E-state index in [4.69, 9.17) is 27.9 Å². The van der Waals surface area contributed by atoms with E-state index in [0.29, 0.717) is 15.8 Å². The van der Waals surface area contributed by atoms with Gasteiger partial charge in [-0.2, -0.15) is 0 Å². The zero-order chi connectivity index (χ0) is 20.4. The molecule has 4 aromatic rings. The maximum atomic E-state index is 11.7. The van der Waals surface area contributed by atoms with Crippen molar-refractivity contribution in [2.45, 2.75) is 6.61 Å². The molecule has 0 aliphatic rings. The summed E-state index contributed by atoms with van der Waals surface area (Å²) < 4.78 is 5.97. The fraction of sp³-hybridized carbons (Fsp3) is 0.0417. The Balaban J connectivity index is 1.69. The first-order chi connectivity index (χ1) is 14.0. The van der Waals surface area contributed by atoms with E-state index < -0.39 is 5.97 Å². The van der Waals surface area contributed by atoms with Crippen LogP contribution in [0.1, 0.15) is 15.9 Å². The summed E-state index contributed by atoms with van der Waals surface area (Å²) in [6.07, 6.45) is 0. The van der Waals surface area contributed by atoms with Gasteiger partial charge in [-0.05, 0) is 51.7 Å². The number of ether oxygens (including phenoxy) is 1. The predicted molar refractivity (Wildman–Crippen MR) is 117 cm³/mol. The quantitative estimate of drug-likeness (QED) is 0.373. The van der Waals surface area contributed by atoms with Crippen LogP contribution in [0.2, 0.25) is 10.0 Å². The van der Waals surface area contributed by atoms with Gasteiger partial charge in [-0.25, -0.2) is 4.79 Å². The van der Waals surface area contributed by atoms with E-state index in [1.165, 1.54) is 0 Å². The Labute approximate surface area is 178 Å². The van der Waals surface area contributed by atoms with Crippen molar-refractivity contribution in [3.05, 3.63) is 100 Å². The monoisotopic (exact) mass is 422 g/mol. The highest BCUT2D eigenvalue weighted by Gasteiger charge is 2.14. The van der Waals surface area contributed by atoms with Crippen molar-refractivity contribution in [2.75, 3.05) is 0 Å². The molecule has 0 radical (unpaired) electrons. The van der Waals surface area contributed by atoms with Crippen LogP contribution in [0.3, 0.4) is 0 Å². The van der Waals surface area contributed by atoms with Crippen LogP contribution in [0.25, 0.3) is 21.9 Å². The van der Waals surface area contributed by atoms with Gasteiger partial charge in [0.05, 0.1) is 10.0 Å². The SMILES string of the molecule is O=C(O)c1ccc(-c2ccc(Cl)c(Cl)c2)cc1OCc1cccc2ccccc12. The molecule has 29 heavy (non-hydrogen) atoms. The Morgan fingerprint density at radius 2 is 1.55 bits per heavy atom. The van der Waals surface area contributed by atoms with Gasteiger partial charge in [-0.1, -0.05) is 77.8 Å². The minimum atomic E-state index is -1.04. The van der Waals surface area contributed by atoms with Crippen molar-refractivity contribution < 1.29 is 14.6 Å². The van der Waals surface area contributed by atoms with Crippen LogP contribution in [0.5, 0.6) is 5.75 Å². The van der Waals surface area contributed by atoms with E-state index >= 15 is 0 Å². The number of carboxylic acids is 1. The van der Waals surface area contributed by atoms with E-state index in [0.717, 1.165) is 27.5 Å². The van der Waals surface area contributed by atoms with Crippen LogP contribution in [0, 0.1) is 0 Å². The number of halogens is 2. The molecular formula is C24H16Cl2O3. The van der Waals surface area contributed by atoms with Crippen LogP contribution < -0.4 is 4.74 Å². The highest BCUT2D eigenvalue weighted by atomic mass is 35.5. The van der Waals surface area contributed by atoms with Gasteiger partial charge >= 0.3 is 5.97 Å². The molecule has 0 aliphatic carbocycles. The molecule has 3 nitrogen and oxygen atoms in total. The number of hydrogen-bond acceptors (Lipinski definition) is 2. The van der Waals surface area contributed by atoms with E-state index in [-0.39, 0.29) is 12.2 Å². The van der Waals surface area contributed by atoms with E-state index in [1.807, 2.05) is 48.5 Å². The third-order valence-electron chi connectivity index (χ3n) is 4.73. The molecule has 0 aromatic heterocycles. The van der Waals surface area contributed by atoms with Gasteiger partial charge in [-0.15, -0.1) is 0 Å². The lowest BCUT2D eigenvalue weighted by Crippen LogP contribution is -2.04. The smallest absolute Gasteiger partial charge is 0.339 e. The fourth-order valence-electron chi connectivity index (χ4n) is 3.25. The second-order valence-corrected chi connectivity index (χ2v) is 7.39. The second kappa shape index (κ2) is 8.16. The van der Waals surface area contributed by atoms with Gasteiger partial charge < -0.3 is 9.84 Å². The molecule has 1 N–H and O–H groups in total. The van der Waals surface area contributed by atoms with Gasteiger partial charge in [-0.3, -0.25) is 0 Å². The molecule has 0 saturated carbocycles. The number of fused-ring (bicyclic) bond motifs is 1. The topological polar surface area (TPSA) is 46.5 Å². The molecule has 0 heterocycles. The lowest BCUT2D eigenvalue weighted by atomic mass is 10.0. The average molecular weight is 423 g/mol. The van der Waals surface area contributed by atoms with Crippen molar-refractivity contribution in [1.29, 1.82) is 0 Å². The van der Waals surface area contributed by atoms with Crippen LogP contribution in [-0.4, -0.2) is 11.1 Å². The van der Waals surface area contributed by atoms with Gasteiger partial charge in [0.15, 0.2) is 0 Å². The summed E-state index contributed by atoms with van der Waals surface area (Å²) in [5.41, 5.74) is 2.71. The molecule has 0 atom stereocenters. The molecule has 144 valence electrons. The van der Waals surface area contributed by atoms with Crippen LogP contribution in [0.4, 0.5) is 0 Å². The summed E-state index contributed by atoms with van der Waals surface area (Å²) in [5, 5.41) is 12.6. The number of benzene rings is 4. The average Bonchev–Trinajstić information content (AvgIpc) is 2.74. The number of carboxylic acid groups (broad SMARTS) is 1. The largest absolute Gasteiger partial charge is 0.488 e. The van der Waals surface area contributed by atoms with E-state index in [9.17, 15) is 9.90 Å². The fourth-order valence-corrected chi connectivity index (χ4v) is 3.55. The molecule has 0 bridgehead atoms. The van der Waals surface area contributed by atoms with E-state index in [2.05, 4.69) is 0 Å². The van der Waals surface area contributed by atoms with Crippen molar-refractivity contribution in [1.82, 2.24) is 0 Å².